The minimum absolute atomic E-state index is 0.195. The summed E-state index contributed by atoms with van der Waals surface area (Å²) in [5.74, 6) is -0.631. The van der Waals surface area contributed by atoms with E-state index in [9.17, 15) is 13.2 Å². The second kappa shape index (κ2) is 5.68. The number of sulfonamides is 1. The van der Waals surface area contributed by atoms with Crippen molar-refractivity contribution in [1.29, 1.82) is 5.26 Å². The van der Waals surface area contributed by atoms with Crippen LogP contribution in [0.2, 0.25) is 0 Å². The number of nitrogens with zero attached hydrogens (tertiary/aromatic N) is 2. The third-order valence-electron chi connectivity index (χ3n) is 1.72. The van der Waals surface area contributed by atoms with Crippen molar-refractivity contribution in [2.45, 2.75) is 19.1 Å². The maximum atomic E-state index is 11.5. The third kappa shape index (κ3) is 3.85. The second-order valence-electron chi connectivity index (χ2n) is 2.88. The van der Waals surface area contributed by atoms with Gasteiger partial charge in [0.2, 0.25) is 10.0 Å². The standard InChI is InChI=1S/C8H14N2O4S/c1-4-14-8(11)6-10(3)15(12,13)7(2)5-9/h7H,4,6H2,1-3H3. The second-order valence-corrected chi connectivity index (χ2v) is 5.24. The molecule has 1 atom stereocenters. The van der Waals surface area contributed by atoms with E-state index in [2.05, 4.69) is 4.74 Å². The molecule has 0 saturated carbocycles. The summed E-state index contributed by atoms with van der Waals surface area (Å²) in [6.45, 7) is 2.71. The summed E-state index contributed by atoms with van der Waals surface area (Å²) in [4.78, 5) is 11.0. The fourth-order valence-electron chi connectivity index (χ4n) is 0.815. The molecular formula is C8H14N2O4S. The summed E-state index contributed by atoms with van der Waals surface area (Å²) < 4.78 is 28.4. The summed E-state index contributed by atoms with van der Waals surface area (Å²) in [6.07, 6.45) is 0. The van der Waals surface area contributed by atoms with Crippen molar-refractivity contribution in [2.75, 3.05) is 20.2 Å². The predicted molar refractivity (Wildman–Crippen MR) is 53.3 cm³/mol. The molecule has 0 aliphatic heterocycles. The number of hydrogen-bond donors (Lipinski definition) is 0. The lowest BCUT2D eigenvalue weighted by Gasteiger charge is -2.17. The van der Waals surface area contributed by atoms with E-state index in [4.69, 9.17) is 5.26 Å². The summed E-state index contributed by atoms with van der Waals surface area (Å²) in [5.41, 5.74) is 0. The topological polar surface area (TPSA) is 87.5 Å². The van der Waals surface area contributed by atoms with Gasteiger partial charge in [-0.1, -0.05) is 0 Å². The number of carbonyl (C=O) groups is 1. The van der Waals surface area contributed by atoms with Gasteiger partial charge >= 0.3 is 5.97 Å². The van der Waals surface area contributed by atoms with Crippen molar-refractivity contribution in [3.63, 3.8) is 0 Å². The maximum absolute atomic E-state index is 11.5. The molecule has 15 heavy (non-hydrogen) atoms. The number of nitriles is 1. The van der Waals surface area contributed by atoms with Gasteiger partial charge < -0.3 is 4.74 Å². The molecule has 0 aromatic heterocycles. The number of hydrogen-bond acceptors (Lipinski definition) is 5. The first kappa shape index (κ1) is 13.9. The van der Waals surface area contributed by atoms with Crippen LogP contribution in [-0.2, 0) is 19.6 Å². The highest BCUT2D eigenvalue weighted by molar-refractivity contribution is 7.89. The van der Waals surface area contributed by atoms with Gasteiger partial charge in [0.05, 0.1) is 12.7 Å². The van der Waals surface area contributed by atoms with Crippen LogP contribution in [0.4, 0.5) is 0 Å². The lowest BCUT2D eigenvalue weighted by molar-refractivity contribution is -0.143. The highest BCUT2D eigenvalue weighted by atomic mass is 32.2. The van der Waals surface area contributed by atoms with Crippen LogP contribution in [0, 0.1) is 11.3 Å². The lowest BCUT2D eigenvalue weighted by Crippen LogP contribution is -2.37. The fraction of sp³-hybridized carbons (Fsp3) is 0.750. The summed E-state index contributed by atoms with van der Waals surface area (Å²) in [6, 6.07) is 1.61. The molecule has 0 radical (unpaired) electrons. The first-order valence-electron chi connectivity index (χ1n) is 4.36. The molecule has 0 aliphatic carbocycles. The van der Waals surface area contributed by atoms with Crippen molar-refractivity contribution < 1.29 is 17.9 Å². The van der Waals surface area contributed by atoms with E-state index in [-0.39, 0.29) is 13.2 Å². The van der Waals surface area contributed by atoms with Gasteiger partial charge in [0.25, 0.3) is 0 Å². The van der Waals surface area contributed by atoms with Crippen LogP contribution in [0.1, 0.15) is 13.8 Å². The molecule has 0 heterocycles. The normalized spacial score (nSPS) is 13.3. The Kier molecular flexibility index (Phi) is 5.25. The van der Waals surface area contributed by atoms with Gasteiger partial charge in [0.15, 0.2) is 5.25 Å². The van der Waals surface area contributed by atoms with E-state index in [1.54, 1.807) is 13.0 Å². The van der Waals surface area contributed by atoms with Crippen LogP contribution in [-0.4, -0.2) is 44.1 Å². The average Bonchev–Trinajstić information content (AvgIpc) is 2.16. The molecule has 0 bridgehead atoms. The Balaban J connectivity index is 4.53. The van der Waals surface area contributed by atoms with Crippen molar-refractivity contribution in [3.8, 4) is 6.07 Å². The zero-order chi connectivity index (χ0) is 12.1. The Morgan fingerprint density at radius 2 is 2.13 bits per heavy atom. The minimum atomic E-state index is -3.73. The van der Waals surface area contributed by atoms with E-state index < -0.39 is 21.2 Å². The molecule has 0 spiro atoms. The Morgan fingerprint density at radius 1 is 1.60 bits per heavy atom. The van der Waals surface area contributed by atoms with Crippen LogP contribution in [0.25, 0.3) is 0 Å². The van der Waals surface area contributed by atoms with Crippen LogP contribution >= 0.6 is 0 Å². The van der Waals surface area contributed by atoms with Crippen LogP contribution < -0.4 is 0 Å². The van der Waals surface area contributed by atoms with E-state index in [0.717, 1.165) is 4.31 Å². The molecular weight excluding hydrogens is 220 g/mol. The number of likely N-dealkylation sites (N-methyl/N-ethyl adjacent to an activating group) is 1. The van der Waals surface area contributed by atoms with Crippen molar-refractivity contribution >= 4 is 16.0 Å². The SMILES string of the molecule is CCOC(=O)CN(C)S(=O)(=O)C(C)C#N. The molecule has 7 heteroatoms. The first-order chi connectivity index (χ1) is 6.86. The molecule has 0 aliphatic rings. The highest BCUT2D eigenvalue weighted by Crippen LogP contribution is 2.05. The Labute approximate surface area is 89.5 Å². The zero-order valence-electron chi connectivity index (χ0n) is 8.93. The molecule has 1 unspecified atom stereocenters. The molecule has 86 valence electrons. The van der Waals surface area contributed by atoms with E-state index >= 15 is 0 Å². The largest absolute Gasteiger partial charge is 0.465 e. The quantitative estimate of drug-likeness (QED) is 0.611. The molecule has 0 N–H and O–H groups in total. The van der Waals surface area contributed by atoms with Gasteiger partial charge in [-0.05, 0) is 13.8 Å². The smallest absolute Gasteiger partial charge is 0.321 e. The Morgan fingerprint density at radius 3 is 2.53 bits per heavy atom. The van der Waals surface area contributed by atoms with Gasteiger partial charge in [-0.25, -0.2) is 8.42 Å². The van der Waals surface area contributed by atoms with Crippen LogP contribution in [0.3, 0.4) is 0 Å². The fourth-order valence-corrected chi connectivity index (χ4v) is 1.77. The maximum Gasteiger partial charge on any atom is 0.321 e. The van der Waals surface area contributed by atoms with Crippen LogP contribution in [0.15, 0.2) is 0 Å². The zero-order valence-corrected chi connectivity index (χ0v) is 9.74. The van der Waals surface area contributed by atoms with E-state index in [0.29, 0.717) is 0 Å². The first-order valence-corrected chi connectivity index (χ1v) is 5.87. The lowest BCUT2D eigenvalue weighted by atomic mass is 10.5. The third-order valence-corrected chi connectivity index (χ3v) is 3.72. The Hall–Kier alpha value is -1.13. The molecule has 0 fully saturated rings. The average molecular weight is 234 g/mol. The van der Waals surface area contributed by atoms with Gasteiger partial charge in [-0.3, -0.25) is 4.79 Å². The molecule has 0 rings (SSSR count). The molecule has 0 saturated heterocycles. The summed E-state index contributed by atoms with van der Waals surface area (Å²) in [7, 11) is -2.49. The van der Waals surface area contributed by atoms with Gasteiger partial charge in [0.1, 0.15) is 6.54 Å². The molecule has 0 amide bonds. The minimum Gasteiger partial charge on any atom is -0.465 e. The number of ether oxygens (including phenoxy) is 1. The summed E-state index contributed by atoms with van der Waals surface area (Å²) >= 11 is 0. The van der Waals surface area contributed by atoms with E-state index in [1.165, 1.54) is 14.0 Å². The van der Waals surface area contributed by atoms with Gasteiger partial charge in [-0.2, -0.15) is 9.57 Å². The van der Waals surface area contributed by atoms with Crippen LogP contribution in [0.5, 0.6) is 0 Å². The summed E-state index contributed by atoms with van der Waals surface area (Å²) in [5, 5.41) is 7.32. The Bertz CT molecular complexity index is 357. The van der Waals surface area contributed by atoms with E-state index in [1.807, 2.05) is 0 Å². The number of rotatable bonds is 5. The monoisotopic (exact) mass is 234 g/mol. The molecule has 6 nitrogen and oxygen atoms in total. The number of carbonyl (C=O) groups excluding carboxylic acids is 1. The highest BCUT2D eigenvalue weighted by Gasteiger charge is 2.27. The van der Waals surface area contributed by atoms with Gasteiger partial charge in [-0.15, -0.1) is 0 Å². The molecule has 0 aromatic rings. The van der Waals surface area contributed by atoms with Crippen molar-refractivity contribution in [1.82, 2.24) is 4.31 Å². The molecule has 0 aromatic carbocycles. The van der Waals surface area contributed by atoms with Crippen molar-refractivity contribution in [3.05, 3.63) is 0 Å². The predicted octanol–water partition coefficient (Wildman–Crippen LogP) is -0.277. The van der Waals surface area contributed by atoms with Gasteiger partial charge in [0, 0.05) is 7.05 Å². The van der Waals surface area contributed by atoms with Crippen molar-refractivity contribution in [2.24, 2.45) is 0 Å². The number of esters is 1.